The zero-order chi connectivity index (χ0) is 14.4. The van der Waals surface area contributed by atoms with Gasteiger partial charge in [-0.15, -0.1) is 24.8 Å². The van der Waals surface area contributed by atoms with Crippen LogP contribution in [0.25, 0.3) is 0 Å². The second-order valence-electron chi connectivity index (χ2n) is 5.19. The number of halogens is 2. The van der Waals surface area contributed by atoms with Gasteiger partial charge in [-0.2, -0.15) is 0 Å². The van der Waals surface area contributed by atoms with Crippen molar-refractivity contribution in [3.8, 4) is 0 Å². The zero-order valence-electron chi connectivity index (χ0n) is 12.9. The Morgan fingerprint density at radius 2 is 2.05 bits per heavy atom. The van der Waals surface area contributed by atoms with Gasteiger partial charge in [0.1, 0.15) is 0 Å². The highest BCUT2D eigenvalue weighted by molar-refractivity contribution is 5.94. The Morgan fingerprint density at radius 1 is 1.36 bits per heavy atom. The quantitative estimate of drug-likeness (QED) is 0.827. The highest BCUT2D eigenvalue weighted by atomic mass is 35.5. The monoisotopic (exact) mass is 349 g/mol. The van der Waals surface area contributed by atoms with Crippen molar-refractivity contribution in [2.24, 2.45) is 5.73 Å². The summed E-state index contributed by atoms with van der Waals surface area (Å²) in [4.78, 5) is 18.4. The molecule has 1 aromatic rings. The van der Waals surface area contributed by atoms with Crippen LogP contribution >= 0.6 is 24.8 Å². The third kappa shape index (κ3) is 6.08. The summed E-state index contributed by atoms with van der Waals surface area (Å²) >= 11 is 0. The Morgan fingerprint density at radius 3 is 2.59 bits per heavy atom. The Hall–Kier alpha value is -0.880. The minimum atomic E-state index is 0. The number of nitrogens with zero attached hydrogens (tertiary/aromatic N) is 2. The molecule has 1 saturated heterocycles. The number of pyridine rings is 1. The fourth-order valence-electron chi connectivity index (χ4n) is 2.34. The summed E-state index contributed by atoms with van der Waals surface area (Å²) in [5.74, 6) is 0.0675. The second-order valence-corrected chi connectivity index (χ2v) is 5.19. The molecule has 5 nitrogen and oxygen atoms in total. The summed E-state index contributed by atoms with van der Waals surface area (Å²) in [5, 5.41) is 0. The SMILES string of the molecule is Cc1ccc(C(=O)N2CCC(OCCCN)CC2)cn1.Cl.Cl. The molecule has 7 heteroatoms. The van der Waals surface area contributed by atoms with E-state index >= 15 is 0 Å². The summed E-state index contributed by atoms with van der Waals surface area (Å²) in [6, 6.07) is 3.71. The van der Waals surface area contributed by atoms with E-state index in [2.05, 4.69) is 4.98 Å². The molecular formula is C15H25Cl2N3O2. The first-order valence-corrected chi connectivity index (χ1v) is 7.24. The lowest BCUT2D eigenvalue weighted by Crippen LogP contribution is -2.41. The molecule has 1 aliphatic heterocycles. The average molecular weight is 350 g/mol. The third-order valence-electron chi connectivity index (χ3n) is 3.59. The normalized spacial score (nSPS) is 14.9. The number of hydrogen-bond donors (Lipinski definition) is 1. The number of likely N-dealkylation sites (tertiary alicyclic amines) is 1. The minimum absolute atomic E-state index is 0. The van der Waals surface area contributed by atoms with Crippen LogP contribution in [-0.4, -0.2) is 48.1 Å². The van der Waals surface area contributed by atoms with Crippen molar-refractivity contribution in [2.45, 2.75) is 32.3 Å². The lowest BCUT2D eigenvalue weighted by Gasteiger charge is -2.32. The smallest absolute Gasteiger partial charge is 0.255 e. The molecule has 1 fully saturated rings. The van der Waals surface area contributed by atoms with Gasteiger partial charge in [-0.3, -0.25) is 9.78 Å². The van der Waals surface area contributed by atoms with Gasteiger partial charge in [0.05, 0.1) is 11.7 Å². The topological polar surface area (TPSA) is 68.5 Å². The third-order valence-corrected chi connectivity index (χ3v) is 3.59. The van der Waals surface area contributed by atoms with Crippen LogP contribution in [0.4, 0.5) is 0 Å². The molecule has 2 heterocycles. The van der Waals surface area contributed by atoms with Gasteiger partial charge >= 0.3 is 0 Å². The van der Waals surface area contributed by atoms with Crippen LogP contribution in [0.15, 0.2) is 18.3 Å². The predicted molar refractivity (Wildman–Crippen MR) is 92.0 cm³/mol. The number of rotatable bonds is 5. The van der Waals surface area contributed by atoms with Crippen molar-refractivity contribution >= 4 is 30.7 Å². The summed E-state index contributed by atoms with van der Waals surface area (Å²) < 4.78 is 5.74. The van der Waals surface area contributed by atoms with E-state index in [4.69, 9.17) is 10.5 Å². The lowest BCUT2D eigenvalue weighted by molar-refractivity contribution is 0.00844. The van der Waals surface area contributed by atoms with Crippen molar-refractivity contribution in [3.05, 3.63) is 29.6 Å². The highest BCUT2D eigenvalue weighted by Crippen LogP contribution is 2.16. The molecule has 0 unspecified atom stereocenters. The first-order chi connectivity index (χ1) is 9.70. The minimum Gasteiger partial charge on any atom is -0.378 e. The van der Waals surface area contributed by atoms with E-state index in [1.165, 1.54) is 0 Å². The fourth-order valence-corrected chi connectivity index (χ4v) is 2.34. The van der Waals surface area contributed by atoms with Crippen molar-refractivity contribution in [1.29, 1.82) is 0 Å². The summed E-state index contributed by atoms with van der Waals surface area (Å²) in [6.07, 6.45) is 4.61. The van der Waals surface area contributed by atoms with Crippen molar-refractivity contribution < 1.29 is 9.53 Å². The first kappa shape index (κ1) is 21.1. The number of aryl methyl sites for hydroxylation is 1. The molecule has 126 valence electrons. The number of aromatic nitrogens is 1. The molecule has 0 saturated carbocycles. The standard InChI is InChI=1S/C15H23N3O2.2ClH/c1-12-3-4-13(11-17-12)15(19)18-8-5-14(6-9-18)20-10-2-7-16;;/h3-4,11,14H,2,5-10,16H2,1H3;2*1H. The number of nitrogens with two attached hydrogens (primary N) is 1. The van der Waals surface area contributed by atoms with Crippen molar-refractivity contribution in [3.63, 3.8) is 0 Å². The number of hydrogen-bond acceptors (Lipinski definition) is 4. The molecule has 0 spiro atoms. The molecule has 0 aromatic carbocycles. The molecule has 0 atom stereocenters. The zero-order valence-corrected chi connectivity index (χ0v) is 14.5. The summed E-state index contributed by atoms with van der Waals surface area (Å²) in [5.41, 5.74) is 7.03. The Bertz CT molecular complexity index is 435. The van der Waals surface area contributed by atoms with Crippen LogP contribution in [0.1, 0.15) is 35.3 Å². The lowest BCUT2D eigenvalue weighted by atomic mass is 10.1. The van der Waals surface area contributed by atoms with Crippen LogP contribution in [0.3, 0.4) is 0 Å². The molecule has 2 rings (SSSR count). The van der Waals surface area contributed by atoms with E-state index in [1.54, 1.807) is 6.20 Å². The first-order valence-electron chi connectivity index (χ1n) is 7.24. The molecule has 0 aliphatic carbocycles. The highest BCUT2D eigenvalue weighted by Gasteiger charge is 2.23. The van der Waals surface area contributed by atoms with Gasteiger partial charge in [0.2, 0.25) is 0 Å². The van der Waals surface area contributed by atoms with E-state index in [9.17, 15) is 4.79 Å². The number of amides is 1. The predicted octanol–water partition coefficient (Wildman–Crippen LogP) is 2.20. The van der Waals surface area contributed by atoms with Gasteiger partial charge in [-0.05, 0) is 44.9 Å². The molecule has 1 aromatic heterocycles. The number of carbonyl (C=O) groups excluding carboxylic acids is 1. The number of piperidine rings is 1. The maximum Gasteiger partial charge on any atom is 0.255 e. The fraction of sp³-hybridized carbons (Fsp3) is 0.600. The van der Waals surface area contributed by atoms with Crippen molar-refractivity contribution in [1.82, 2.24) is 9.88 Å². The Balaban J connectivity index is 0.00000220. The average Bonchev–Trinajstić information content (AvgIpc) is 2.48. The Labute approximate surface area is 144 Å². The molecule has 1 aliphatic rings. The van der Waals surface area contributed by atoms with Crippen LogP contribution in [0, 0.1) is 6.92 Å². The van der Waals surface area contributed by atoms with E-state index < -0.39 is 0 Å². The van der Waals surface area contributed by atoms with Crippen LogP contribution in [-0.2, 0) is 4.74 Å². The van der Waals surface area contributed by atoms with Crippen molar-refractivity contribution in [2.75, 3.05) is 26.2 Å². The molecule has 0 radical (unpaired) electrons. The van der Waals surface area contributed by atoms with E-state index in [0.717, 1.165) is 44.7 Å². The summed E-state index contributed by atoms with van der Waals surface area (Å²) in [7, 11) is 0. The molecule has 0 bridgehead atoms. The van der Waals surface area contributed by atoms with E-state index in [0.29, 0.717) is 12.1 Å². The van der Waals surface area contributed by atoms with E-state index in [-0.39, 0.29) is 36.8 Å². The molecule has 1 amide bonds. The second kappa shape index (κ2) is 10.8. The van der Waals surface area contributed by atoms with Gasteiger partial charge in [0.15, 0.2) is 0 Å². The maximum atomic E-state index is 12.3. The van der Waals surface area contributed by atoms with Gasteiger partial charge in [0, 0.05) is 31.6 Å². The van der Waals surface area contributed by atoms with Gasteiger partial charge in [-0.1, -0.05) is 0 Å². The Kier molecular flexibility index (Phi) is 10.3. The molecule has 22 heavy (non-hydrogen) atoms. The van der Waals surface area contributed by atoms with E-state index in [1.807, 2.05) is 24.0 Å². The van der Waals surface area contributed by atoms with Crippen LogP contribution in [0.5, 0.6) is 0 Å². The van der Waals surface area contributed by atoms with Gasteiger partial charge in [0.25, 0.3) is 5.91 Å². The molecule has 2 N–H and O–H groups in total. The van der Waals surface area contributed by atoms with Crippen LogP contribution < -0.4 is 5.73 Å². The number of carbonyl (C=O) groups is 1. The summed E-state index contributed by atoms with van der Waals surface area (Å²) in [6.45, 7) is 4.80. The maximum absolute atomic E-state index is 12.3. The number of ether oxygens (including phenoxy) is 1. The van der Waals surface area contributed by atoms with Gasteiger partial charge < -0.3 is 15.4 Å². The molecular weight excluding hydrogens is 325 g/mol. The largest absolute Gasteiger partial charge is 0.378 e. The van der Waals surface area contributed by atoms with Crippen LogP contribution in [0.2, 0.25) is 0 Å². The van der Waals surface area contributed by atoms with Gasteiger partial charge in [-0.25, -0.2) is 0 Å².